The summed E-state index contributed by atoms with van der Waals surface area (Å²) in [5, 5.41) is 9.78. The van der Waals surface area contributed by atoms with E-state index in [9.17, 15) is 26.4 Å². The largest absolute Gasteiger partial charge is 0.390 e. The van der Waals surface area contributed by atoms with Crippen molar-refractivity contribution in [1.82, 2.24) is 14.4 Å². The van der Waals surface area contributed by atoms with Crippen LogP contribution >= 0.6 is 15.9 Å². The molecular formula is C19H16BrF3N4O3S. The summed E-state index contributed by atoms with van der Waals surface area (Å²) in [6.07, 6.45) is -4.74. The van der Waals surface area contributed by atoms with Crippen molar-refractivity contribution in [3.63, 3.8) is 0 Å². The third kappa shape index (κ3) is 5.70. The van der Waals surface area contributed by atoms with Gasteiger partial charge in [0.25, 0.3) is 10.0 Å². The highest BCUT2D eigenvalue weighted by atomic mass is 79.9. The van der Waals surface area contributed by atoms with E-state index in [2.05, 4.69) is 31.6 Å². The number of amides is 1. The zero-order valence-corrected chi connectivity index (χ0v) is 18.4. The second-order valence-corrected chi connectivity index (χ2v) is 9.36. The fourth-order valence-corrected chi connectivity index (χ4v) is 4.22. The Labute approximate surface area is 184 Å². The standard InChI is InChI=1S/C19H16BrF3N4O3S/c1-12(28)24-15-6-8-16(9-7-15)31(29,30)27-11-18(25-26-27)17(10-19(21,22)23)13-2-4-14(20)5-3-13/h2-9,11,17H,10H2,1H3,(H,24,28)/t17-/m1/s1. The van der Waals surface area contributed by atoms with Gasteiger partial charge in [0.15, 0.2) is 0 Å². The van der Waals surface area contributed by atoms with E-state index in [0.717, 1.165) is 6.20 Å². The molecule has 0 saturated carbocycles. The first kappa shape index (κ1) is 22.9. The normalized spacial score (nSPS) is 13.1. The summed E-state index contributed by atoms with van der Waals surface area (Å²) >= 11 is 3.23. The van der Waals surface area contributed by atoms with Crippen molar-refractivity contribution in [2.24, 2.45) is 0 Å². The van der Waals surface area contributed by atoms with Gasteiger partial charge in [0, 0.05) is 23.0 Å². The van der Waals surface area contributed by atoms with Crippen molar-refractivity contribution in [3.8, 4) is 0 Å². The van der Waals surface area contributed by atoms with Gasteiger partial charge in [0.1, 0.15) is 0 Å². The number of nitrogens with zero attached hydrogens (tertiary/aromatic N) is 3. The Morgan fingerprint density at radius 2 is 1.74 bits per heavy atom. The highest BCUT2D eigenvalue weighted by Gasteiger charge is 2.35. The molecule has 0 bridgehead atoms. The number of hydrogen-bond donors (Lipinski definition) is 1. The maximum absolute atomic E-state index is 13.2. The van der Waals surface area contributed by atoms with Gasteiger partial charge in [0.05, 0.1) is 23.2 Å². The molecular weight excluding hydrogens is 501 g/mol. The maximum Gasteiger partial charge on any atom is 0.390 e. The van der Waals surface area contributed by atoms with Crippen LogP contribution in [0.2, 0.25) is 0 Å². The van der Waals surface area contributed by atoms with Crippen LogP contribution in [-0.2, 0) is 14.8 Å². The fourth-order valence-electron chi connectivity index (χ4n) is 2.88. The average molecular weight is 517 g/mol. The molecule has 164 valence electrons. The molecule has 1 aromatic heterocycles. The quantitative estimate of drug-likeness (QED) is 0.526. The molecule has 3 aromatic rings. The van der Waals surface area contributed by atoms with Crippen molar-refractivity contribution >= 4 is 37.5 Å². The molecule has 0 aliphatic heterocycles. The molecule has 0 unspecified atom stereocenters. The van der Waals surface area contributed by atoms with Crippen LogP contribution in [0.3, 0.4) is 0 Å². The topological polar surface area (TPSA) is 94.0 Å². The van der Waals surface area contributed by atoms with Gasteiger partial charge in [0.2, 0.25) is 5.91 Å². The molecule has 0 aliphatic rings. The van der Waals surface area contributed by atoms with E-state index in [1.165, 1.54) is 43.3 Å². The number of benzene rings is 2. The highest BCUT2D eigenvalue weighted by Crippen LogP contribution is 2.35. The lowest BCUT2D eigenvalue weighted by Gasteiger charge is -2.17. The van der Waals surface area contributed by atoms with Crippen molar-refractivity contribution in [2.45, 2.75) is 30.3 Å². The molecule has 0 radical (unpaired) electrons. The molecule has 7 nitrogen and oxygen atoms in total. The van der Waals surface area contributed by atoms with Gasteiger partial charge in [-0.25, -0.2) is 0 Å². The fraction of sp³-hybridized carbons (Fsp3) is 0.211. The van der Waals surface area contributed by atoms with E-state index < -0.39 is 28.5 Å². The number of alkyl halides is 3. The van der Waals surface area contributed by atoms with E-state index in [1.807, 2.05) is 0 Å². The first-order valence-corrected chi connectivity index (χ1v) is 11.1. The minimum atomic E-state index is -4.50. The maximum atomic E-state index is 13.2. The molecule has 2 aromatic carbocycles. The molecule has 0 fully saturated rings. The summed E-state index contributed by atoms with van der Waals surface area (Å²) < 4.78 is 66.4. The predicted molar refractivity (Wildman–Crippen MR) is 110 cm³/mol. The lowest BCUT2D eigenvalue weighted by molar-refractivity contribution is -0.137. The van der Waals surface area contributed by atoms with Crippen LogP contribution in [0.1, 0.15) is 30.5 Å². The smallest absolute Gasteiger partial charge is 0.326 e. The van der Waals surface area contributed by atoms with Crippen molar-refractivity contribution < 1.29 is 26.4 Å². The van der Waals surface area contributed by atoms with Crippen LogP contribution in [0.4, 0.5) is 18.9 Å². The summed E-state index contributed by atoms with van der Waals surface area (Å²) in [5.74, 6) is -1.54. The third-order valence-electron chi connectivity index (χ3n) is 4.27. The zero-order valence-electron chi connectivity index (χ0n) is 16.0. The molecule has 0 saturated heterocycles. The Balaban J connectivity index is 1.94. The summed E-state index contributed by atoms with van der Waals surface area (Å²) in [6.45, 7) is 1.31. The van der Waals surface area contributed by atoms with Crippen molar-refractivity contribution in [3.05, 3.63) is 70.5 Å². The van der Waals surface area contributed by atoms with Gasteiger partial charge in [-0.3, -0.25) is 4.79 Å². The molecule has 1 amide bonds. The lowest BCUT2D eigenvalue weighted by Crippen LogP contribution is -2.16. The SMILES string of the molecule is CC(=O)Nc1ccc(S(=O)(=O)n2cc([C@H](CC(F)(F)F)c3ccc(Br)cc3)nn2)cc1. The van der Waals surface area contributed by atoms with Crippen LogP contribution in [0.25, 0.3) is 0 Å². The van der Waals surface area contributed by atoms with Gasteiger partial charge in [-0.05, 0) is 42.0 Å². The zero-order chi connectivity index (χ0) is 22.8. The van der Waals surface area contributed by atoms with Gasteiger partial charge >= 0.3 is 6.18 Å². The van der Waals surface area contributed by atoms with Crippen LogP contribution in [0, 0.1) is 0 Å². The van der Waals surface area contributed by atoms with Crippen LogP contribution in [-0.4, -0.2) is 34.9 Å². The number of hydrogen-bond acceptors (Lipinski definition) is 5. The summed E-state index contributed by atoms with van der Waals surface area (Å²) in [6, 6.07) is 11.5. The summed E-state index contributed by atoms with van der Waals surface area (Å²) in [7, 11) is -4.19. The Bertz CT molecular complexity index is 1180. The molecule has 3 rings (SSSR count). The number of halogens is 4. The molecule has 0 aliphatic carbocycles. The lowest BCUT2D eigenvalue weighted by atomic mass is 9.93. The number of rotatable bonds is 6. The number of carbonyl (C=O) groups is 1. The summed E-state index contributed by atoms with van der Waals surface area (Å²) in [5.41, 5.74) is 0.592. The van der Waals surface area contributed by atoms with E-state index in [-0.39, 0.29) is 16.5 Å². The second-order valence-electron chi connectivity index (χ2n) is 6.65. The van der Waals surface area contributed by atoms with Gasteiger partial charge < -0.3 is 5.32 Å². The van der Waals surface area contributed by atoms with Crippen molar-refractivity contribution in [2.75, 3.05) is 5.32 Å². The second kappa shape index (κ2) is 8.79. The Morgan fingerprint density at radius 3 is 2.29 bits per heavy atom. The molecule has 1 atom stereocenters. The Kier molecular flexibility index (Phi) is 6.51. The predicted octanol–water partition coefficient (Wildman–Crippen LogP) is 4.32. The number of carbonyl (C=O) groups excluding carboxylic acids is 1. The molecule has 31 heavy (non-hydrogen) atoms. The third-order valence-corrected chi connectivity index (χ3v) is 6.34. The minimum Gasteiger partial charge on any atom is -0.326 e. The Hall–Kier alpha value is -2.73. The van der Waals surface area contributed by atoms with E-state index >= 15 is 0 Å². The first-order valence-electron chi connectivity index (χ1n) is 8.83. The number of aromatic nitrogens is 3. The van der Waals surface area contributed by atoms with Gasteiger partial charge in [-0.1, -0.05) is 33.3 Å². The van der Waals surface area contributed by atoms with Gasteiger partial charge in [-0.2, -0.15) is 21.6 Å². The van der Waals surface area contributed by atoms with E-state index in [1.54, 1.807) is 12.1 Å². The molecule has 1 N–H and O–H groups in total. The number of anilines is 1. The van der Waals surface area contributed by atoms with Crippen LogP contribution in [0.5, 0.6) is 0 Å². The van der Waals surface area contributed by atoms with E-state index in [0.29, 0.717) is 19.8 Å². The molecule has 12 heteroatoms. The highest BCUT2D eigenvalue weighted by molar-refractivity contribution is 9.10. The Morgan fingerprint density at radius 1 is 1.13 bits per heavy atom. The van der Waals surface area contributed by atoms with Crippen LogP contribution in [0.15, 0.2) is 64.1 Å². The average Bonchev–Trinajstić information content (AvgIpc) is 3.17. The minimum absolute atomic E-state index is 0.127. The first-order chi connectivity index (χ1) is 14.5. The monoisotopic (exact) mass is 516 g/mol. The van der Waals surface area contributed by atoms with Gasteiger partial charge in [-0.15, -0.1) is 9.19 Å². The molecule has 0 spiro atoms. The number of nitrogens with one attached hydrogen (secondary N) is 1. The van der Waals surface area contributed by atoms with Crippen LogP contribution < -0.4 is 5.32 Å². The molecule has 1 heterocycles. The van der Waals surface area contributed by atoms with Crippen molar-refractivity contribution in [1.29, 1.82) is 0 Å². The van der Waals surface area contributed by atoms with E-state index in [4.69, 9.17) is 0 Å². The summed E-state index contributed by atoms with van der Waals surface area (Å²) in [4.78, 5) is 10.9.